The highest BCUT2D eigenvalue weighted by Crippen LogP contribution is 2.54. The van der Waals surface area contributed by atoms with Crippen LogP contribution < -0.4 is 4.90 Å². The Morgan fingerprint density at radius 1 is 1.20 bits per heavy atom. The van der Waals surface area contributed by atoms with Crippen molar-refractivity contribution in [2.75, 3.05) is 11.4 Å². The lowest BCUT2D eigenvalue weighted by Gasteiger charge is -2.23. The van der Waals surface area contributed by atoms with Crippen molar-refractivity contribution in [3.63, 3.8) is 0 Å². The van der Waals surface area contributed by atoms with Gasteiger partial charge in [-0.15, -0.1) is 0 Å². The fourth-order valence-corrected chi connectivity index (χ4v) is 4.80. The second-order valence-corrected chi connectivity index (χ2v) is 8.29. The van der Waals surface area contributed by atoms with Crippen molar-refractivity contribution < 1.29 is 4.79 Å². The molecule has 4 aromatic rings. The molecule has 1 saturated carbocycles. The Labute approximate surface area is 172 Å². The van der Waals surface area contributed by atoms with Crippen LogP contribution in [-0.2, 0) is 4.79 Å². The van der Waals surface area contributed by atoms with Gasteiger partial charge in [-0.1, -0.05) is 6.92 Å². The molecule has 0 unspecified atom stereocenters. The van der Waals surface area contributed by atoms with E-state index in [1.54, 1.807) is 21.8 Å². The molecular formula is C22H19N7O. The number of anilines is 1. The smallest absolute Gasteiger partial charge is 0.249 e. The SMILES string of the molecule is C[C@@H]1CN(c2nc(-c3ccc4nccn4c3)cn3nccc23)C(=O)[C@]1(C#N)C1CC1. The van der Waals surface area contributed by atoms with Gasteiger partial charge in [-0.25, -0.2) is 14.5 Å². The molecule has 0 spiro atoms. The van der Waals surface area contributed by atoms with Crippen molar-refractivity contribution in [2.45, 2.75) is 19.8 Å². The summed E-state index contributed by atoms with van der Waals surface area (Å²) in [6.45, 7) is 2.49. The Balaban J connectivity index is 1.51. The third-order valence-electron chi connectivity index (χ3n) is 6.55. The highest BCUT2D eigenvalue weighted by molar-refractivity contribution is 6.04. The molecule has 1 amide bonds. The van der Waals surface area contributed by atoms with Gasteiger partial charge >= 0.3 is 0 Å². The molecule has 30 heavy (non-hydrogen) atoms. The van der Waals surface area contributed by atoms with Crippen LogP contribution in [0.5, 0.6) is 0 Å². The zero-order valence-corrected chi connectivity index (χ0v) is 16.4. The van der Waals surface area contributed by atoms with Crippen LogP contribution in [0.1, 0.15) is 19.8 Å². The fourth-order valence-electron chi connectivity index (χ4n) is 4.80. The molecule has 148 valence electrons. The number of imidazole rings is 1. The van der Waals surface area contributed by atoms with Crippen LogP contribution in [0.25, 0.3) is 22.4 Å². The summed E-state index contributed by atoms with van der Waals surface area (Å²) in [5, 5.41) is 14.4. The molecule has 8 nitrogen and oxygen atoms in total. The maximum atomic E-state index is 13.5. The van der Waals surface area contributed by atoms with E-state index in [-0.39, 0.29) is 17.7 Å². The van der Waals surface area contributed by atoms with E-state index in [9.17, 15) is 10.1 Å². The quantitative estimate of drug-likeness (QED) is 0.530. The number of rotatable bonds is 3. The van der Waals surface area contributed by atoms with Crippen molar-refractivity contribution in [1.82, 2.24) is 24.0 Å². The first-order chi connectivity index (χ1) is 14.6. The van der Waals surface area contributed by atoms with Gasteiger partial charge in [-0.05, 0) is 37.0 Å². The van der Waals surface area contributed by atoms with Crippen LogP contribution in [-0.4, -0.2) is 36.4 Å². The largest absolute Gasteiger partial charge is 0.306 e. The van der Waals surface area contributed by atoms with Gasteiger partial charge in [0, 0.05) is 36.6 Å². The van der Waals surface area contributed by atoms with Crippen molar-refractivity contribution in [3.8, 4) is 17.3 Å². The number of pyridine rings is 1. The molecule has 8 heteroatoms. The molecule has 0 bridgehead atoms. The molecule has 0 aromatic carbocycles. The molecule has 4 aromatic heterocycles. The molecule has 2 aliphatic rings. The summed E-state index contributed by atoms with van der Waals surface area (Å²) in [4.78, 5) is 24.4. The van der Waals surface area contributed by atoms with Crippen molar-refractivity contribution >= 4 is 22.9 Å². The average Bonchev–Trinajstić information content (AvgIpc) is 3.21. The Morgan fingerprint density at radius 2 is 2.07 bits per heavy atom. The normalized spacial score (nSPS) is 24.1. The van der Waals surface area contributed by atoms with Gasteiger partial charge in [0.2, 0.25) is 5.91 Å². The van der Waals surface area contributed by atoms with Crippen LogP contribution in [0.2, 0.25) is 0 Å². The van der Waals surface area contributed by atoms with Gasteiger partial charge in [0.1, 0.15) is 16.6 Å². The van der Waals surface area contributed by atoms with Gasteiger partial charge in [-0.3, -0.25) is 9.69 Å². The Morgan fingerprint density at radius 3 is 2.87 bits per heavy atom. The lowest BCUT2D eigenvalue weighted by atomic mass is 9.75. The average molecular weight is 397 g/mol. The maximum Gasteiger partial charge on any atom is 0.249 e. The van der Waals surface area contributed by atoms with E-state index in [4.69, 9.17) is 4.98 Å². The third kappa shape index (κ3) is 2.20. The van der Waals surface area contributed by atoms with Gasteiger partial charge in [0.05, 0.1) is 24.2 Å². The zero-order valence-electron chi connectivity index (χ0n) is 16.4. The predicted molar refractivity (Wildman–Crippen MR) is 109 cm³/mol. The molecule has 2 atom stereocenters. The van der Waals surface area contributed by atoms with Crippen molar-refractivity contribution in [2.24, 2.45) is 17.3 Å². The van der Waals surface area contributed by atoms with Gasteiger partial charge < -0.3 is 4.40 Å². The number of hydrogen-bond donors (Lipinski definition) is 0. The molecule has 0 radical (unpaired) electrons. The highest BCUT2D eigenvalue weighted by Gasteiger charge is 2.61. The number of fused-ring (bicyclic) bond motifs is 2. The van der Waals surface area contributed by atoms with Crippen LogP contribution in [0.4, 0.5) is 5.82 Å². The van der Waals surface area contributed by atoms with E-state index >= 15 is 0 Å². The number of hydrogen-bond acceptors (Lipinski definition) is 5. The molecule has 1 aliphatic carbocycles. The Bertz CT molecular complexity index is 1360. The van der Waals surface area contributed by atoms with Gasteiger partial charge in [0.25, 0.3) is 0 Å². The Kier molecular flexibility index (Phi) is 3.37. The highest BCUT2D eigenvalue weighted by atomic mass is 16.2. The molecule has 5 heterocycles. The van der Waals surface area contributed by atoms with E-state index in [2.05, 4.69) is 16.2 Å². The van der Waals surface area contributed by atoms with Crippen LogP contribution in [0.3, 0.4) is 0 Å². The molecule has 1 saturated heterocycles. The number of amides is 1. The minimum Gasteiger partial charge on any atom is -0.306 e. The van der Waals surface area contributed by atoms with Crippen molar-refractivity contribution in [1.29, 1.82) is 5.26 Å². The number of aromatic nitrogens is 5. The van der Waals surface area contributed by atoms with Gasteiger partial charge in [0.15, 0.2) is 5.82 Å². The first-order valence-corrected chi connectivity index (χ1v) is 10.1. The third-order valence-corrected chi connectivity index (χ3v) is 6.55. The molecular weight excluding hydrogens is 378 g/mol. The second kappa shape index (κ2) is 5.89. The fraction of sp³-hybridized carbons (Fsp3) is 0.318. The first-order valence-electron chi connectivity index (χ1n) is 10.1. The summed E-state index contributed by atoms with van der Waals surface area (Å²) in [6.07, 6.45) is 11.0. The zero-order chi connectivity index (χ0) is 20.5. The summed E-state index contributed by atoms with van der Waals surface area (Å²) < 4.78 is 3.68. The molecule has 1 aliphatic heterocycles. The first kappa shape index (κ1) is 17.2. The lowest BCUT2D eigenvalue weighted by Crippen LogP contribution is -2.37. The minimum absolute atomic E-state index is 0.0433. The van der Waals surface area contributed by atoms with Crippen LogP contribution in [0.15, 0.2) is 49.2 Å². The van der Waals surface area contributed by atoms with E-state index in [1.165, 1.54) is 0 Å². The summed E-state index contributed by atoms with van der Waals surface area (Å²) in [7, 11) is 0. The Hall–Kier alpha value is -3.73. The molecule has 0 N–H and O–H groups in total. The number of carbonyl (C=O) groups is 1. The number of nitrogens with zero attached hydrogens (tertiary/aromatic N) is 7. The summed E-state index contributed by atoms with van der Waals surface area (Å²) in [5.74, 6) is 0.546. The van der Waals surface area contributed by atoms with Gasteiger partial charge in [-0.2, -0.15) is 10.4 Å². The maximum absolute atomic E-state index is 13.5. The standard InChI is InChI=1S/C22H19N7O/c1-14-10-28(21(30)22(14,13-23)16-3-4-16)20-18-6-7-25-29(18)12-17(26-20)15-2-5-19-24-8-9-27(19)11-15/h2,5-9,11-12,14,16H,3-4,10H2,1H3/t14-,22+/m1/s1. The molecule has 6 rings (SSSR count). The summed E-state index contributed by atoms with van der Waals surface area (Å²) in [6, 6.07) is 8.14. The second-order valence-electron chi connectivity index (χ2n) is 8.29. The topological polar surface area (TPSA) is 91.6 Å². The summed E-state index contributed by atoms with van der Waals surface area (Å²) in [5.41, 5.74) is 2.27. The monoisotopic (exact) mass is 397 g/mol. The summed E-state index contributed by atoms with van der Waals surface area (Å²) >= 11 is 0. The lowest BCUT2D eigenvalue weighted by molar-refractivity contribution is -0.124. The number of nitriles is 1. The van der Waals surface area contributed by atoms with E-state index in [0.717, 1.165) is 29.6 Å². The molecule has 2 fully saturated rings. The van der Waals surface area contributed by atoms with Crippen LogP contribution in [0, 0.1) is 28.6 Å². The van der Waals surface area contributed by atoms with E-state index in [0.29, 0.717) is 18.1 Å². The van der Waals surface area contributed by atoms with E-state index < -0.39 is 5.41 Å². The predicted octanol–water partition coefficient (Wildman–Crippen LogP) is 2.95. The number of carbonyl (C=O) groups excluding carboxylic acids is 1. The minimum atomic E-state index is -0.940. The van der Waals surface area contributed by atoms with Crippen molar-refractivity contribution in [3.05, 3.63) is 49.2 Å². The van der Waals surface area contributed by atoms with E-state index in [1.807, 2.05) is 48.1 Å². The van der Waals surface area contributed by atoms with Crippen LogP contribution >= 0.6 is 0 Å².